The van der Waals surface area contributed by atoms with Crippen LogP contribution in [0.2, 0.25) is 0 Å². The maximum absolute atomic E-state index is 13.2. The van der Waals surface area contributed by atoms with Crippen LogP contribution in [0.4, 0.5) is 5.69 Å². The van der Waals surface area contributed by atoms with E-state index in [1.807, 2.05) is 32.9 Å². The predicted molar refractivity (Wildman–Crippen MR) is 126 cm³/mol. The molecule has 0 fully saturated rings. The van der Waals surface area contributed by atoms with E-state index in [9.17, 15) is 19.7 Å². The van der Waals surface area contributed by atoms with Gasteiger partial charge < -0.3 is 24.4 Å². The van der Waals surface area contributed by atoms with Crippen molar-refractivity contribution in [2.45, 2.75) is 45.8 Å². The van der Waals surface area contributed by atoms with Gasteiger partial charge in [0.1, 0.15) is 17.5 Å². The molecule has 2 amide bonds. The Hall–Kier alpha value is -3.82. The molecule has 0 radical (unpaired) electrons. The molecule has 0 spiro atoms. The van der Waals surface area contributed by atoms with Gasteiger partial charge in [-0.3, -0.25) is 19.7 Å². The maximum atomic E-state index is 13.2. The third-order valence-electron chi connectivity index (χ3n) is 5.01. The minimum Gasteiger partial charge on any atom is -0.497 e. The van der Waals surface area contributed by atoms with E-state index in [4.69, 9.17) is 14.2 Å². The summed E-state index contributed by atoms with van der Waals surface area (Å²) in [6.45, 7) is 5.34. The Morgan fingerprint density at radius 3 is 2.41 bits per heavy atom. The lowest BCUT2D eigenvalue weighted by Crippen LogP contribution is -2.51. The Kier molecular flexibility index (Phi) is 9.66. The SMILES string of the molecule is CC[C@H](C(=O)NC(C)C)N(Cc1cccc(OC)c1)C(=O)COc1ccc([N+](=O)[O-])c(OC)c1. The Balaban J connectivity index is 2.27. The van der Waals surface area contributed by atoms with Gasteiger partial charge in [-0.05, 0) is 44.0 Å². The van der Waals surface area contributed by atoms with E-state index >= 15 is 0 Å². The topological polar surface area (TPSA) is 120 Å². The van der Waals surface area contributed by atoms with Gasteiger partial charge in [-0.15, -0.1) is 0 Å². The van der Waals surface area contributed by atoms with Crippen molar-refractivity contribution in [1.29, 1.82) is 0 Å². The Bertz CT molecular complexity index is 1010. The second-order valence-electron chi connectivity index (χ2n) is 7.84. The Labute approximate surface area is 198 Å². The van der Waals surface area contributed by atoms with Crippen LogP contribution in [-0.2, 0) is 16.1 Å². The lowest BCUT2D eigenvalue weighted by atomic mass is 10.1. The van der Waals surface area contributed by atoms with Crippen LogP contribution in [-0.4, -0.2) is 54.5 Å². The Morgan fingerprint density at radius 1 is 1.09 bits per heavy atom. The molecule has 1 N–H and O–H groups in total. The maximum Gasteiger partial charge on any atom is 0.311 e. The molecule has 0 heterocycles. The molecule has 34 heavy (non-hydrogen) atoms. The summed E-state index contributed by atoms with van der Waals surface area (Å²) in [5.74, 6) is 0.221. The second-order valence-corrected chi connectivity index (χ2v) is 7.84. The van der Waals surface area contributed by atoms with Gasteiger partial charge in [0, 0.05) is 24.7 Å². The first-order valence-corrected chi connectivity index (χ1v) is 10.9. The summed E-state index contributed by atoms with van der Waals surface area (Å²) in [6, 6.07) is 10.4. The van der Waals surface area contributed by atoms with E-state index in [1.165, 1.54) is 30.2 Å². The van der Waals surface area contributed by atoms with Crippen molar-refractivity contribution in [3.8, 4) is 17.2 Å². The van der Waals surface area contributed by atoms with Crippen LogP contribution in [0.15, 0.2) is 42.5 Å². The fraction of sp³-hybridized carbons (Fsp3) is 0.417. The first-order valence-electron chi connectivity index (χ1n) is 10.9. The number of nitrogens with zero attached hydrogens (tertiary/aromatic N) is 2. The number of hydrogen-bond acceptors (Lipinski definition) is 7. The quantitative estimate of drug-likeness (QED) is 0.371. The van der Waals surface area contributed by atoms with E-state index in [-0.39, 0.29) is 42.3 Å². The Morgan fingerprint density at radius 2 is 1.82 bits per heavy atom. The number of nitro benzene ring substituents is 1. The summed E-state index contributed by atoms with van der Waals surface area (Å²) in [5, 5.41) is 14.0. The highest BCUT2D eigenvalue weighted by atomic mass is 16.6. The van der Waals surface area contributed by atoms with Gasteiger partial charge in [0.15, 0.2) is 6.61 Å². The fourth-order valence-corrected chi connectivity index (χ4v) is 3.39. The molecule has 184 valence electrons. The van der Waals surface area contributed by atoms with Gasteiger partial charge in [-0.2, -0.15) is 0 Å². The van der Waals surface area contributed by atoms with Crippen LogP contribution >= 0.6 is 0 Å². The molecule has 2 aromatic carbocycles. The molecule has 2 aromatic rings. The highest BCUT2D eigenvalue weighted by molar-refractivity contribution is 5.88. The van der Waals surface area contributed by atoms with E-state index < -0.39 is 16.9 Å². The van der Waals surface area contributed by atoms with Gasteiger partial charge in [-0.1, -0.05) is 19.1 Å². The van der Waals surface area contributed by atoms with Crippen molar-refractivity contribution >= 4 is 17.5 Å². The zero-order chi connectivity index (χ0) is 25.3. The second kappa shape index (κ2) is 12.4. The molecule has 0 saturated carbocycles. The molecule has 10 heteroatoms. The predicted octanol–water partition coefficient (Wildman–Crippen LogP) is 3.32. The van der Waals surface area contributed by atoms with Gasteiger partial charge in [0.2, 0.25) is 11.7 Å². The van der Waals surface area contributed by atoms with Crippen LogP contribution in [0.25, 0.3) is 0 Å². The number of amides is 2. The minimum atomic E-state index is -0.712. The highest BCUT2D eigenvalue weighted by Gasteiger charge is 2.29. The lowest BCUT2D eigenvalue weighted by Gasteiger charge is -2.31. The number of benzene rings is 2. The third kappa shape index (κ3) is 7.09. The van der Waals surface area contributed by atoms with Crippen molar-refractivity contribution < 1.29 is 28.7 Å². The number of nitro groups is 1. The number of rotatable bonds is 12. The van der Waals surface area contributed by atoms with Crippen molar-refractivity contribution in [3.05, 3.63) is 58.1 Å². The number of ether oxygens (including phenoxy) is 3. The summed E-state index contributed by atoms with van der Waals surface area (Å²) in [4.78, 5) is 38.1. The summed E-state index contributed by atoms with van der Waals surface area (Å²) in [5.41, 5.74) is 0.581. The molecular weight excluding hydrogens is 442 g/mol. The van der Waals surface area contributed by atoms with Crippen LogP contribution in [0, 0.1) is 10.1 Å². The van der Waals surface area contributed by atoms with Gasteiger partial charge in [0.25, 0.3) is 5.91 Å². The van der Waals surface area contributed by atoms with Gasteiger partial charge >= 0.3 is 5.69 Å². The summed E-state index contributed by atoms with van der Waals surface area (Å²) >= 11 is 0. The molecule has 1 atom stereocenters. The van der Waals surface area contributed by atoms with Gasteiger partial charge in [-0.25, -0.2) is 0 Å². The first-order chi connectivity index (χ1) is 16.2. The van der Waals surface area contributed by atoms with E-state index in [1.54, 1.807) is 19.2 Å². The summed E-state index contributed by atoms with van der Waals surface area (Å²) in [7, 11) is 2.87. The lowest BCUT2D eigenvalue weighted by molar-refractivity contribution is -0.385. The summed E-state index contributed by atoms with van der Waals surface area (Å²) < 4.78 is 15.9. The first kappa shape index (κ1) is 26.4. The average Bonchev–Trinajstić information content (AvgIpc) is 2.81. The largest absolute Gasteiger partial charge is 0.497 e. The molecule has 2 rings (SSSR count). The average molecular weight is 474 g/mol. The number of nitrogens with one attached hydrogen (secondary N) is 1. The molecule has 0 aromatic heterocycles. The standard InChI is InChI=1S/C24H31N3O7/c1-6-20(24(29)25-16(2)3)26(14-17-8-7-9-18(12-17)32-4)23(28)15-34-19-10-11-21(27(30)31)22(13-19)33-5/h7-13,16,20H,6,14-15H2,1-5H3,(H,25,29)/t20-/m1/s1. The van der Waals surface area contributed by atoms with Crippen molar-refractivity contribution in [3.63, 3.8) is 0 Å². The molecular formula is C24H31N3O7. The number of methoxy groups -OCH3 is 2. The monoisotopic (exact) mass is 473 g/mol. The molecule has 0 aliphatic heterocycles. The number of carbonyl (C=O) groups is 2. The summed E-state index contributed by atoms with van der Waals surface area (Å²) in [6.07, 6.45) is 0.402. The van der Waals surface area contributed by atoms with Crippen LogP contribution < -0.4 is 19.5 Å². The van der Waals surface area contributed by atoms with E-state index in [0.717, 1.165) is 5.56 Å². The minimum absolute atomic E-state index is 0.0194. The van der Waals surface area contributed by atoms with E-state index in [2.05, 4.69) is 5.32 Å². The highest BCUT2D eigenvalue weighted by Crippen LogP contribution is 2.30. The van der Waals surface area contributed by atoms with Crippen LogP contribution in [0.1, 0.15) is 32.8 Å². The van der Waals surface area contributed by atoms with Crippen molar-refractivity contribution in [2.24, 2.45) is 0 Å². The smallest absolute Gasteiger partial charge is 0.311 e. The molecule has 0 saturated heterocycles. The molecule has 10 nitrogen and oxygen atoms in total. The molecule has 0 unspecified atom stereocenters. The normalized spacial score (nSPS) is 11.5. The zero-order valence-corrected chi connectivity index (χ0v) is 20.1. The molecule has 0 aliphatic rings. The third-order valence-corrected chi connectivity index (χ3v) is 5.01. The zero-order valence-electron chi connectivity index (χ0n) is 20.1. The molecule has 0 bridgehead atoms. The van der Waals surface area contributed by atoms with Crippen molar-refractivity contribution in [1.82, 2.24) is 10.2 Å². The van der Waals surface area contributed by atoms with Crippen molar-refractivity contribution in [2.75, 3.05) is 20.8 Å². The van der Waals surface area contributed by atoms with Crippen LogP contribution in [0.3, 0.4) is 0 Å². The molecule has 0 aliphatic carbocycles. The van der Waals surface area contributed by atoms with Gasteiger partial charge in [0.05, 0.1) is 19.1 Å². The van der Waals surface area contributed by atoms with Crippen LogP contribution in [0.5, 0.6) is 17.2 Å². The number of carbonyl (C=O) groups excluding carboxylic acids is 2. The fourth-order valence-electron chi connectivity index (χ4n) is 3.39. The number of hydrogen-bond donors (Lipinski definition) is 1. The van der Waals surface area contributed by atoms with E-state index in [0.29, 0.717) is 12.2 Å².